The quantitative estimate of drug-likeness (QED) is 0.673. The summed E-state index contributed by atoms with van der Waals surface area (Å²) < 4.78 is 7.79. The normalized spacial score (nSPS) is 10.8. The molecule has 0 radical (unpaired) electrons. The Balaban J connectivity index is 2.53. The van der Waals surface area contributed by atoms with Gasteiger partial charge in [-0.15, -0.1) is 0 Å². The molecule has 1 rings (SSSR count). The molecule has 1 aromatic rings. The maximum absolute atomic E-state index is 11.7. The van der Waals surface area contributed by atoms with Crippen LogP contribution in [0.2, 0.25) is 0 Å². The molecule has 102 valence electrons. The summed E-state index contributed by atoms with van der Waals surface area (Å²) in [5.74, 6) is 0. The number of nitrogens with one attached hydrogen (secondary N) is 1. The molecule has 1 heterocycles. The Labute approximate surface area is 106 Å². The first-order valence-corrected chi connectivity index (χ1v) is 6.12. The van der Waals surface area contributed by atoms with Gasteiger partial charge in [-0.2, -0.15) is 0 Å². The molecule has 18 heavy (non-hydrogen) atoms. The lowest BCUT2D eigenvalue weighted by atomic mass is 10.3. The van der Waals surface area contributed by atoms with E-state index in [4.69, 9.17) is 4.74 Å². The molecule has 0 atom stereocenters. The van der Waals surface area contributed by atoms with Crippen LogP contribution in [0, 0.1) is 0 Å². The number of ether oxygens (including phenoxy) is 1. The molecule has 0 aliphatic carbocycles. The van der Waals surface area contributed by atoms with Gasteiger partial charge in [0.15, 0.2) is 0 Å². The Kier molecular flexibility index (Phi) is 5.80. The van der Waals surface area contributed by atoms with Crippen LogP contribution in [0.3, 0.4) is 0 Å². The van der Waals surface area contributed by atoms with E-state index in [-0.39, 0.29) is 11.2 Å². The van der Waals surface area contributed by atoms with E-state index in [0.29, 0.717) is 12.2 Å². The van der Waals surface area contributed by atoms with Gasteiger partial charge in [0, 0.05) is 45.6 Å². The van der Waals surface area contributed by atoms with Crippen molar-refractivity contribution in [3.63, 3.8) is 0 Å². The van der Waals surface area contributed by atoms with E-state index < -0.39 is 0 Å². The fourth-order valence-corrected chi connectivity index (χ4v) is 1.61. The van der Waals surface area contributed by atoms with Gasteiger partial charge in [-0.3, -0.25) is 13.9 Å². The minimum atomic E-state index is -0.298. The molecule has 0 aliphatic heterocycles. The van der Waals surface area contributed by atoms with Crippen molar-refractivity contribution in [3.8, 4) is 0 Å². The Hall–Kier alpha value is -1.40. The highest BCUT2D eigenvalue weighted by Gasteiger charge is 2.04. The predicted molar refractivity (Wildman–Crippen MR) is 69.7 cm³/mol. The first kappa shape index (κ1) is 14.7. The third-order valence-electron chi connectivity index (χ3n) is 2.78. The fourth-order valence-electron chi connectivity index (χ4n) is 1.61. The van der Waals surface area contributed by atoms with Crippen LogP contribution < -0.4 is 16.6 Å². The first-order valence-electron chi connectivity index (χ1n) is 6.12. The number of hydrogen-bond donors (Lipinski definition) is 1. The van der Waals surface area contributed by atoms with Gasteiger partial charge >= 0.3 is 5.69 Å². The summed E-state index contributed by atoms with van der Waals surface area (Å²) in [5.41, 5.74) is 0.123. The van der Waals surface area contributed by atoms with E-state index in [0.717, 1.165) is 30.7 Å². The Morgan fingerprint density at radius 1 is 1.28 bits per heavy atom. The molecular weight excluding hydrogens is 234 g/mol. The molecule has 0 aliphatic rings. The second-order valence-electron chi connectivity index (χ2n) is 4.10. The lowest BCUT2D eigenvalue weighted by molar-refractivity contribution is 0.144. The van der Waals surface area contributed by atoms with Gasteiger partial charge in [-0.05, 0) is 19.9 Å². The van der Waals surface area contributed by atoms with E-state index in [2.05, 4.69) is 5.32 Å². The number of hydrogen-bond acceptors (Lipinski definition) is 4. The van der Waals surface area contributed by atoms with E-state index >= 15 is 0 Å². The van der Waals surface area contributed by atoms with E-state index in [9.17, 15) is 9.59 Å². The number of aromatic nitrogens is 2. The van der Waals surface area contributed by atoms with Crippen molar-refractivity contribution in [2.45, 2.75) is 19.9 Å². The highest BCUT2D eigenvalue weighted by Crippen LogP contribution is 1.90. The average Bonchev–Trinajstić information content (AvgIpc) is 2.37. The second-order valence-corrected chi connectivity index (χ2v) is 4.10. The van der Waals surface area contributed by atoms with Crippen LogP contribution in [0.4, 0.5) is 0 Å². The molecule has 0 spiro atoms. The zero-order chi connectivity index (χ0) is 13.5. The highest BCUT2D eigenvalue weighted by molar-refractivity contribution is 5.01. The molecule has 0 fully saturated rings. The standard InChI is InChI=1S/C12H21N3O3/c1-4-18-7-5-6-13-9-10-8-11(16)15(3)12(17)14(10)2/h8,13H,4-7,9H2,1-3H3. The van der Waals surface area contributed by atoms with Gasteiger partial charge in [0.2, 0.25) is 0 Å². The molecule has 0 saturated heterocycles. The van der Waals surface area contributed by atoms with Gasteiger partial charge in [0.25, 0.3) is 5.56 Å². The molecule has 1 aromatic heterocycles. The molecule has 0 unspecified atom stereocenters. The van der Waals surface area contributed by atoms with Gasteiger partial charge < -0.3 is 10.1 Å². The smallest absolute Gasteiger partial charge is 0.330 e. The zero-order valence-electron chi connectivity index (χ0n) is 11.2. The minimum absolute atomic E-state index is 0.274. The molecule has 1 N–H and O–H groups in total. The molecule has 0 saturated carbocycles. The van der Waals surface area contributed by atoms with Crippen LogP contribution in [0.5, 0.6) is 0 Å². The van der Waals surface area contributed by atoms with Crippen molar-refractivity contribution < 1.29 is 4.74 Å². The molecule has 0 bridgehead atoms. The fraction of sp³-hybridized carbons (Fsp3) is 0.667. The van der Waals surface area contributed by atoms with Crippen LogP contribution in [0.1, 0.15) is 19.0 Å². The third-order valence-corrected chi connectivity index (χ3v) is 2.78. The molecule has 6 nitrogen and oxygen atoms in total. The summed E-state index contributed by atoms with van der Waals surface area (Å²) in [4.78, 5) is 23.2. The van der Waals surface area contributed by atoms with Crippen molar-refractivity contribution in [1.29, 1.82) is 0 Å². The Morgan fingerprint density at radius 3 is 2.67 bits per heavy atom. The van der Waals surface area contributed by atoms with Crippen LogP contribution in [-0.2, 0) is 25.4 Å². The van der Waals surface area contributed by atoms with E-state index in [1.54, 1.807) is 7.05 Å². The summed E-state index contributed by atoms with van der Waals surface area (Å²) in [6.45, 7) is 4.71. The SMILES string of the molecule is CCOCCCNCc1cc(=O)n(C)c(=O)n1C. The molecular formula is C12H21N3O3. The number of rotatable bonds is 7. The monoisotopic (exact) mass is 255 g/mol. The maximum Gasteiger partial charge on any atom is 0.330 e. The van der Waals surface area contributed by atoms with Gasteiger partial charge in [-0.25, -0.2) is 4.79 Å². The molecule has 0 amide bonds. The van der Waals surface area contributed by atoms with Crippen molar-refractivity contribution in [1.82, 2.24) is 14.5 Å². The lowest BCUT2D eigenvalue weighted by Gasteiger charge is -2.10. The lowest BCUT2D eigenvalue weighted by Crippen LogP contribution is -2.39. The second kappa shape index (κ2) is 7.13. The van der Waals surface area contributed by atoms with Gasteiger partial charge in [-0.1, -0.05) is 0 Å². The van der Waals surface area contributed by atoms with Crippen molar-refractivity contribution in [2.24, 2.45) is 14.1 Å². The zero-order valence-corrected chi connectivity index (χ0v) is 11.2. The summed E-state index contributed by atoms with van der Waals surface area (Å²) in [7, 11) is 3.14. The molecule has 0 aromatic carbocycles. The summed E-state index contributed by atoms with van der Waals surface area (Å²) in [6.07, 6.45) is 0.909. The summed E-state index contributed by atoms with van der Waals surface area (Å²) >= 11 is 0. The summed E-state index contributed by atoms with van der Waals surface area (Å²) in [5, 5.41) is 3.19. The van der Waals surface area contributed by atoms with Crippen molar-refractivity contribution in [2.75, 3.05) is 19.8 Å². The summed E-state index contributed by atoms with van der Waals surface area (Å²) in [6, 6.07) is 1.48. The van der Waals surface area contributed by atoms with Crippen LogP contribution in [-0.4, -0.2) is 28.9 Å². The van der Waals surface area contributed by atoms with Crippen molar-refractivity contribution in [3.05, 3.63) is 32.6 Å². The first-order chi connectivity index (χ1) is 8.57. The van der Waals surface area contributed by atoms with Crippen LogP contribution >= 0.6 is 0 Å². The Bertz CT molecular complexity index is 490. The van der Waals surface area contributed by atoms with Gasteiger partial charge in [0.1, 0.15) is 0 Å². The number of nitrogens with zero attached hydrogens (tertiary/aromatic N) is 2. The van der Waals surface area contributed by atoms with Gasteiger partial charge in [0.05, 0.1) is 0 Å². The van der Waals surface area contributed by atoms with Crippen LogP contribution in [0.25, 0.3) is 0 Å². The third kappa shape index (κ3) is 3.82. The minimum Gasteiger partial charge on any atom is -0.382 e. The average molecular weight is 255 g/mol. The van der Waals surface area contributed by atoms with E-state index in [1.807, 2.05) is 6.92 Å². The Morgan fingerprint density at radius 2 is 2.00 bits per heavy atom. The topological polar surface area (TPSA) is 65.3 Å². The van der Waals surface area contributed by atoms with Crippen molar-refractivity contribution >= 4 is 0 Å². The predicted octanol–water partition coefficient (Wildman–Crippen LogP) is -0.400. The maximum atomic E-state index is 11.7. The highest BCUT2D eigenvalue weighted by atomic mass is 16.5. The van der Waals surface area contributed by atoms with E-state index in [1.165, 1.54) is 17.7 Å². The largest absolute Gasteiger partial charge is 0.382 e. The van der Waals surface area contributed by atoms with Crippen LogP contribution in [0.15, 0.2) is 15.7 Å². The molecule has 6 heteroatoms.